The largest absolute Gasteiger partial charge is 0.496 e. The molecule has 1 aromatic rings. The van der Waals surface area contributed by atoms with Gasteiger partial charge in [0.25, 0.3) is 0 Å². The standard InChI is InChI=1S/C15H23NO3/c1-4-8-16(9-5-2)11-12-6-7-13(15(17)18)14(10-12)19-3/h6-7,10H,4-5,8-9,11H2,1-3H3,(H,17,18). The molecule has 0 fully saturated rings. The highest BCUT2D eigenvalue weighted by Crippen LogP contribution is 2.21. The average molecular weight is 265 g/mol. The second kappa shape index (κ2) is 7.79. The average Bonchev–Trinajstić information content (AvgIpc) is 2.38. The third kappa shape index (κ3) is 4.56. The zero-order valence-electron chi connectivity index (χ0n) is 12.0. The van der Waals surface area contributed by atoms with E-state index in [4.69, 9.17) is 9.84 Å². The van der Waals surface area contributed by atoms with Gasteiger partial charge in [-0.15, -0.1) is 0 Å². The monoisotopic (exact) mass is 265 g/mol. The Labute approximate surface area is 115 Å². The van der Waals surface area contributed by atoms with Crippen molar-refractivity contribution >= 4 is 5.97 Å². The molecule has 0 aliphatic rings. The number of carboxylic acids is 1. The van der Waals surface area contributed by atoms with Gasteiger partial charge in [0.15, 0.2) is 0 Å². The van der Waals surface area contributed by atoms with E-state index in [1.165, 1.54) is 7.11 Å². The van der Waals surface area contributed by atoms with Crippen LogP contribution in [0.3, 0.4) is 0 Å². The lowest BCUT2D eigenvalue weighted by Gasteiger charge is -2.21. The first-order chi connectivity index (χ1) is 9.12. The second-order valence-electron chi connectivity index (χ2n) is 4.62. The Hall–Kier alpha value is -1.55. The first-order valence-electron chi connectivity index (χ1n) is 6.74. The SMILES string of the molecule is CCCN(CCC)Cc1ccc(C(=O)O)c(OC)c1. The second-order valence-corrected chi connectivity index (χ2v) is 4.62. The molecule has 0 radical (unpaired) electrons. The van der Waals surface area contributed by atoms with Gasteiger partial charge < -0.3 is 9.84 Å². The molecule has 0 unspecified atom stereocenters. The fraction of sp³-hybridized carbons (Fsp3) is 0.533. The lowest BCUT2D eigenvalue weighted by atomic mass is 10.1. The highest BCUT2D eigenvalue weighted by atomic mass is 16.5. The summed E-state index contributed by atoms with van der Waals surface area (Å²) >= 11 is 0. The van der Waals surface area contributed by atoms with Crippen LogP contribution in [0.25, 0.3) is 0 Å². The van der Waals surface area contributed by atoms with Crippen LogP contribution in [0, 0.1) is 0 Å². The maximum absolute atomic E-state index is 11.0. The van der Waals surface area contributed by atoms with Crippen molar-refractivity contribution in [2.45, 2.75) is 33.2 Å². The van der Waals surface area contributed by atoms with E-state index in [9.17, 15) is 4.79 Å². The van der Waals surface area contributed by atoms with E-state index in [1.54, 1.807) is 6.07 Å². The molecule has 0 spiro atoms. The predicted octanol–water partition coefficient (Wildman–Crippen LogP) is 3.02. The highest BCUT2D eigenvalue weighted by Gasteiger charge is 2.12. The Morgan fingerprint density at radius 1 is 1.26 bits per heavy atom. The van der Waals surface area contributed by atoms with Crippen molar-refractivity contribution in [1.29, 1.82) is 0 Å². The minimum absolute atomic E-state index is 0.212. The molecule has 0 aromatic heterocycles. The molecule has 1 aromatic carbocycles. The van der Waals surface area contributed by atoms with E-state index < -0.39 is 5.97 Å². The topological polar surface area (TPSA) is 49.8 Å². The number of methoxy groups -OCH3 is 1. The lowest BCUT2D eigenvalue weighted by Crippen LogP contribution is -2.24. The van der Waals surface area contributed by atoms with E-state index in [0.29, 0.717) is 5.75 Å². The number of ether oxygens (including phenoxy) is 1. The minimum Gasteiger partial charge on any atom is -0.496 e. The Bertz CT molecular complexity index is 412. The van der Waals surface area contributed by atoms with Crippen LogP contribution in [0.4, 0.5) is 0 Å². The molecular weight excluding hydrogens is 242 g/mol. The number of nitrogens with zero attached hydrogens (tertiary/aromatic N) is 1. The van der Waals surface area contributed by atoms with Crippen LogP contribution in [-0.4, -0.2) is 36.2 Å². The van der Waals surface area contributed by atoms with Crippen molar-refractivity contribution in [2.75, 3.05) is 20.2 Å². The van der Waals surface area contributed by atoms with E-state index >= 15 is 0 Å². The van der Waals surface area contributed by atoms with Gasteiger partial charge in [-0.3, -0.25) is 4.90 Å². The first kappa shape index (κ1) is 15.5. The van der Waals surface area contributed by atoms with Crippen LogP contribution in [-0.2, 0) is 6.54 Å². The number of aromatic carboxylic acids is 1. The van der Waals surface area contributed by atoms with Gasteiger partial charge in [0, 0.05) is 6.54 Å². The van der Waals surface area contributed by atoms with Crippen LogP contribution in [0.2, 0.25) is 0 Å². The number of hydrogen-bond donors (Lipinski definition) is 1. The minimum atomic E-state index is -0.956. The van der Waals surface area contributed by atoms with E-state index in [1.807, 2.05) is 12.1 Å². The molecule has 0 heterocycles. The molecule has 4 heteroatoms. The summed E-state index contributed by atoms with van der Waals surface area (Å²) in [6.45, 7) is 7.26. The maximum Gasteiger partial charge on any atom is 0.339 e. The summed E-state index contributed by atoms with van der Waals surface area (Å²) < 4.78 is 5.15. The van der Waals surface area contributed by atoms with Gasteiger partial charge in [-0.25, -0.2) is 4.79 Å². The van der Waals surface area contributed by atoms with Crippen LogP contribution in [0.5, 0.6) is 5.75 Å². The van der Waals surface area contributed by atoms with Gasteiger partial charge in [0.05, 0.1) is 7.11 Å². The lowest BCUT2D eigenvalue weighted by molar-refractivity contribution is 0.0693. The fourth-order valence-corrected chi connectivity index (χ4v) is 2.17. The van der Waals surface area contributed by atoms with Crippen molar-refractivity contribution in [3.8, 4) is 5.75 Å². The summed E-state index contributed by atoms with van der Waals surface area (Å²) in [4.78, 5) is 13.4. The summed E-state index contributed by atoms with van der Waals surface area (Å²) in [5.41, 5.74) is 1.30. The molecule has 0 saturated heterocycles. The summed E-state index contributed by atoms with van der Waals surface area (Å²) in [7, 11) is 1.50. The molecule has 1 N–H and O–H groups in total. The zero-order chi connectivity index (χ0) is 14.3. The number of carbonyl (C=O) groups is 1. The van der Waals surface area contributed by atoms with Gasteiger partial charge in [0.1, 0.15) is 11.3 Å². The Balaban J connectivity index is 2.86. The Morgan fingerprint density at radius 3 is 2.37 bits per heavy atom. The molecule has 4 nitrogen and oxygen atoms in total. The van der Waals surface area contributed by atoms with Crippen molar-refractivity contribution in [1.82, 2.24) is 4.90 Å². The third-order valence-electron chi connectivity index (χ3n) is 2.98. The van der Waals surface area contributed by atoms with Gasteiger partial charge >= 0.3 is 5.97 Å². The first-order valence-corrected chi connectivity index (χ1v) is 6.74. The molecular formula is C15H23NO3. The quantitative estimate of drug-likeness (QED) is 0.785. The fourth-order valence-electron chi connectivity index (χ4n) is 2.17. The van der Waals surface area contributed by atoms with Crippen LogP contribution < -0.4 is 4.74 Å². The van der Waals surface area contributed by atoms with E-state index in [-0.39, 0.29) is 5.56 Å². The molecule has 0 bridgehead atoms. The maximum atomic E-state index is 11.0. The number of carboxylic acid groups (broad SMARTS) is 1. The number of benzene rings is 1. The molecule has 19 heavy (non-hydrogen) atoms. The summed E-state index contributed by atoms with van der Waals surface area (Å²) in [5, 5.41) is 9.05. The normalized spacial score (nSPS) is 10.7. The van der Waals surface area contributed by atoms with Crippen molar-refractivity contribution < 1.29 is 14.6 Å². The van der Waals surface area contributed by atoms with E-state index in [0.717, 1.165) is 38.0 Å². The van der Waals surface area contributed by atoms with Crippen LogP contribution >= 0.6 is 0 Å². The van der Waals surface area contributed by atoms with Gasteiger partial charge in [-0.2, -0.15) is 0 Å². The molecule has 0 amide bonds. The smallest absolute Gasteiger partial charge is 0.339 e. The Kier molecular flexibility index (Phi) is 6.36. The van der Waals surface area contributed by atoms with Gasteiger partial charge in [-0.05, 0) is 43.6 Å². The number of hydrogen-bond acceptors (Lipinski definition) is 3. The zero-order valence-corrected chi connectivity index (χ0v) is 12.0. The van der Waals surface area contributed by atoms with Crippen molar-refractivity contribution in [3.05, 3.63) is 29.3 Å². The molecule has 0 aliphatic heterocycles. The summed E-state index contributed by atoms with van der Waals surface area (Å²) in [6.07, 6.45) is 2.23. The summed E-state index contributed by atoms with van der Waals surface area (Å²) in [5.74, 6) is -0.527. The van der Waals surface area contributed by atoms with Crippen molar-refractivity contribution in [3.63, 3.8) is 0 Å². The molecule has 106 valence electrons. The Morgan fingerprint density at radius 2 is 1.89 bits per heavy atom. The molecule has 0 atom stereocenters. The third-order valence-corrected chi connectivity index (χ3v) is 2.98. The van der Waals surface area contributed by atoms with Crippen molar-refractivity contribution in [2.24, 2.45) is 0 Å². The summed E-state index contributed by atoms with van der Waals surface area (Å²) in [6, 6.07) is 5.30. The molecule has 0 saturated carbocycles. The van der Waals surface area contributed by atoms with Crippen LogP contribution in [0.1, 0.15) is 42.6 Å². The van der Waals surface area contributed by atoms with E-state index in [2.05, 4.69) is 18.7 Å². The van der Waals surface area contributed by atoms with Crippen LogP contribution in [0.15, 0.2) is 18.2 Å². The van der Waals surface area contributed by atoms with Gasteiger partial charge in [-0.1, -0.05) is 19.9 Å². The number of rotatable bonds is 8. The van der Waals surface area contributed by atoms with Gasteiger partial charge in [0.2, 0.25) is 0 Å². The molecule has 0 aliphatic carbocycles. The predicted molar refractivity (Wildman–Crippen MR) is 75.8 cm³/mol. The highest BCUT2D eigenvalue weighted by molar-refractivity contribution is 5.90. The molecule has 1 rings (SSSR count).